The largest absolute Gasteiger partial charge is 0.490 e. The Labute approximate surface area is 151 Å². The molecular formula is C17H13BrF2N2O3. The predicted octanol–water partition coefficient (Wildman–Crippen LogP) is 4.02. The summed E-state index contributed by atoms with van der Waals surface area (Å²) in [5.41, 5.74) is -0.194. The number of hydrogen-bond acceptors (Lipinski definition) is 4. The lowest BCUT2D eigenvalue weighted by molar-refractivity contribution is -0.118. The number of nitriles is 1. The molecule has 25 heavy (non-hydrogen) atoms. The van der Waals surface area contributed by atoms with Gasteiger partial charge in [0.05, 0.1) is 22.7 Å². The predicted molar refractivity (Wildman–Crippen MR) is 90.5 cm³/mol. The number of carbonyl (C=O) groups is 1. The van der Waals surface area contributed by atoms with Gasteiger partial charge in [-0.2, -0.15) is 5.26 Å². The van der Waals surface area contributed by atoms with Crippen molar-refractivity contribution in [2.75, 3.05) is 18.5 Å². The molecule has 8 heteroatoms. The number of nitrogens with one attached hydrogen (secondary N) is 1. The van der Waals surface area contributed by atoms with Gasteiger partial charge in [0.2, 0.25) is 0 Å². The van der Waals surface area contributed by atoms with Crippen LogP contribution in [0, 0.1) is 23.0 Å². The van der Waals surface area contributed by atoms with Crippen LogP contribution in [0.25, 0.3) is 0 Å². The Hall–Kier alpha value is -2.66. The smallest absolute Gasteiger partial charge is 0.262 e. The van der Waals surface area contributed by atoms with Crippen molar-refractivity contribution >= 4 is 27.5 Å². The average Bonchev–Trinajstić information content (AvgIpc) is 2.57. The van der Waals surface area contributed by atoms with Crippen molar-refractivity contribution in [1.29, 1.82) is 5.26 Å². The van der Waals surface area contributed by atoms with Crippen molar-refractivity contribution in [3.63, 3.8) is 0 Å². The molecule has 1 N–H and O–H groups in total. The zero-order valence-electron chi connectivity index (χ0n) is 13.1. The van der Waals surface area contributed by atoms with Gasteiger partial charge in [-0.05, 0) is 41.1 Å². The number of carbonyl (C=O) groups excluding carboxylic acids is 1. The van der Waals surface area contributed by atoms with Crippen LogP contribution in [0.1, 0.15) is 12.5 Å². The minimum atomic E-state index is -0.886. The molecular weight excluding hydrogens is 398 g/mol. The summed E-state index contributed by atoms with van der Waals surface area (Å²) in [6.45, 7) is 1.58. The summed E-state index contributed by atoms with van der Waals surface area (Å²) in [4.78, 5) is 11.9. The maximum absolute atomic E-state index is 13.5. The SMILES string of the molecule is CCOc1cc(C#N)cc(Br)c1OCC(=O)Nc1c(F)cccc1F. The highest BCUT2D eigenvalue weighted by Gasteiger charge is 2.16. The van der Waals surface area contributed by atoms with Gasteiger partial charge in [0, 0.05) is 6.07 Å². The van der Waals surface area contributed by atoms with E-state index in [0.717, 1.165) is 12.1 Å². The highest BCUT2D eigenvalue weighted by molar-refractivity contribution is 9.10. The maximum Gasteiger partial charge on any atom is 0.262 e. The zero-order chi connectivity index (χ0) is 18.4. The Kier molecular flexibility index (Phi) is 6.31. The van der Waals surface area contributed by atoms with E-state index in [2.05, 4.69) is 21.2 Å². The van der Waals surface area contributed by atoms with Crippen LogP contribution in [0.2, 0.25) is 0 Å². The van der Waals surface area contributed by atoms with E-state index in [-0.39, 0.29) is 11.5 Å². The Morgan fingerprint density at radius 1 is 1.28 bits per heavy atom. The molecule has 0 saturated heterocycles. The van der Waals surface area contributed by atoms with Crippen molar-refractivity contribution in [3.8, 4) is 17.6 Å². The molecule has 5 nitrogen and oxygen atoms in total. The van der Waals surface area contributed by atoms with Gasteiger partial charge in [0.1, 0.15) is 17.3 Å². The summed E-state index contributed by atoms with van der Waals surface area (Å²) in [7, 11) is 0. The zero-order valence-corrected chi connectivity index (χ0v) is 14.7. The molecule has 0 aliphatic heterocycles. The molecule has 2 rings (SSSR count). The van der Waals surface area contributed by atoms with Gasteiger partial charge in [-0.3, -0.25) is 4.79 Å². The van der Waals surface area contributed by atoms with Crippen LogP contribution < -0.4 is 14.8 Å². The van der Waals surface area contributed by atoms with E-state index in [1.165, 1.54) is 18.2 Å². The van der Waals surface area contributed by atoms with E-state index < -0.39 is 29.8 Å². The van der Waals surface area contributed by atoms with E-state index in [1.54, 1.807) is 6.92 Å². The number of hydrogen-bond donors (Lipinski definition) is 1. The van der Waals surface area contributed by atoms with Crippen LogP contribution in [0.4, 0.5) is 14.5 Å². The van der Waals surface area contributed by atoms with E-state index in [4.69, 9.17) is 14.7 Å². The standard InChI is InChI=1S/C17H13BrF2N2O3/c1-2-24-14-7-10(8-21)6-11(18)17(14)25-9-15(23)22-16-12(19)4-3-5-13(16)20/h3-7H,2,9H2,1H3,(H,22,23). The first-order valence-electron chi connectivity index (χ1n) is 7.19. The number of ether oxygens (including phenoxy) is 2. The van der Waals surface area contributed by atoms with Crippen LogP contribution in [0.3, 0.4) is 0 Å². The fourth-order valence-corrected chi connectivity index (χ4v) is 2.52. The fraction of sp³-hybridized carbons (Fsp3) is 0.176. The molecule has 0 atom stereocenters. The number of amides is 1. The fourth-order valence-electron chi connectivity index (χ4n) is 1.97. The normalized spacial score (nSPS) is 10.0. The number of halogens is 3. The minimum Gasteiger partial charge on any atom is -0.490 e. The molecule has 0 aromatic heterocycles. The molecule has 1 amide bonds. The first-order valence-corrected chi connectivity index (χ1v) is 7.98. The Morgan fingerprint density at radius 2 is 1.96 bits per heavy atom. The van der Waals surface area contributed by atoms with Crippen LogP contribution >= 0.6 is 15.9 Å². The quantitative estimate of drug-likeness (QED) is 0.780. The number of rotatable bonds is 6. The molecule has 2 aromatic rings. The minimum absolute atomic E-state index is 0.213. The molecule has 0 radical (unpaired) electrons. The van der Waals surface area contributed by atoms with Crippen molar-refractivity contribution in [3.05, 3.63) is 52.0 Å². The van der Waals surface area contributed by atoms with E-state index in [9.17, 15) is 13.6 Å². The van der Waals surface area contributed by atoms with Gasteiger partial charge in [-0.1, -0.05) is 6.07 Å². The average molecular weight is 411 g/mol. The third-order valence-corrected chi connectivity index (χ3v) is 3.60. The third-order valence-electron chi connectivity index (χ3n) is 3.01. The van der Waals surface area contributed by atoms with E-state index >= 15 is 0 Å². The first-order chi connectivity index (χ1) is 12.0. The number of benzene rings is 2. The topological polar surface area (TPSA) is 71.3 Å². The lowest BCUT2D eigenvalue weighted by Gasteiger charge is -2.14. The molecule has 0 aliphatic rings. The molecule has 0 saturated carbocycles. The van der Waals surface area contributed by atoms with Crippen LogP contribution in [0.5, 0.6) is 11.5 Å². The third kappa shape index (κ3) is 4.67. The van der Waals surface area contributed by atoms with Gasteiger partial charge in [-0.25, -0.2) is 8.78 Å². The van der Waals surface area contributed by atoms with Crippen LogP contribution in [-0.2, 0) is 4.79 Å². The molecule has 2 aromatic carbocycles. The van der Waals surface area contributed by atoms with Gasteiger partial charge in [0.15, 0.2) is 18.1 Å². The van der Waals surface area contributed by atoms with Crippen molar-refractivity contribution in [2.45, 2.75) is 6.92 Å². The summed E-state index contributed by atoms with van der Waals surface area (Å²) in [5, 5.41) is 11.1. The highest BCUT2D eigenvalue weighted by Crippen LogP contribution is 2.36. The van der Waals surface area contributed by atoms with E-state index in [0.29, 0.717) is 16.6 Å². The second kappa shape index (κ2) is 8.44. The van der Waals surface area contributed by atoms with Crippen LogP contribution in [0.15, 0.2) is 34.8 Å². The molecule has 0 spiro atoms. The van der Waals surface area contributed by atoms with Gasteiger partial charge in [0.25, 0.3) is 5.91 Å². The second-order valence-corrected chi connectivity index (χ2v) is 5.62. The van der Waals surface area contributed by atoms with Gasteiger partial charge < -0.3 is 14.8 Å². The number of anilines is 1. The highest BCUT2D eigenvalue weighted by atomic mass is 79.9. The molecule has 0 unspecified atom stereocenters. The summed E-state index contributed by atoms with van der Waals surface area (Å²) >= 11 is 3.24. The molecule has 0 heterocycles. The number of para-hydroxylation sites is 1. The summed E-state index contributed by atoms with van der Waals surface area (Å²) in [5.74, 6) is -2.03. The number of nitrogens with zero attached hydrogens (tertiary/aromatic N) is 1. The van der Waals surface area contributed by atoms with Crippen molar-refractivity contribution in [1.82, 2.24) is 0 Å². The van der Waals surface area contributed by atoms with Gasteiger partial charge in [-0.15, -0.1) is 0 Å². The van der Waals surface area contributed by atoms with Gasteiger partial charge >= 0.3 is 0 Å². The first kappa shape index (κ1) is 18.7. The second-order valence-electron chi connectivity index (χ2n) is 4.76. The Balaban J connectivity index is 2.13. The lowest BCUT2D eigenvalue weighted by atomic mass is 10.2. The van der Waals surface area contributed by atoms with E-state index in [1.807, 2.05) is 6.07 Å². The van der Waals surface area contributed by atoms with Crippen LogP contribution in [-0.4, -0.2) is 19.1 Å². The Bertz CT molecular complexity index is 817. The summed E-state index contributed by atoms with van der Waals surface area (Å²) in [6.07, 6.45) is 0. The lowest BCUT2D eigenvalue weighted by Crippen LogP contribution is -2.22. The molecule has 0 bridgehead atoms. The summed E-state index contributed by atoms with van der Waals surface area (Å²) in [6, 6.07) is 8.21. The molecule has 0 aliphatic carbocycles. The molecule has 130 valence electrons. The van der Waals surface area contributed by atoms with Crippen molar-refractivity contribution < 1.29 is 23.0 Å². The Morgan fingerprint density at radius 3 is 2.56 bits per heavy atom. The summed E-state index contributed by atoms with van der Waals surface area (Å²) < 4.78 is 38.3. The van der Waals surface area contributed by atoms with Crippen molar-refractivity contribution in [2.24, 2.45) is 0 Å². The maximum atomic E-state index is 13.5. The molecule has 0 fully saturated rings. The monoisotopic (exact) mass is 410 g/mol.